The summed E-state index contributed by atoms with van der Waals surface area (Å²) in [6, 6.07) is 4.44. The van der Waals surface area contributed by atoms with E-state index in [4.69, 9.17) is 11.5 Å². The highest BCUT2D eigenvalue weighted by Crippen LogP contribution is 2.34. The lowest BCUT2D eigenvalue weighted by molar-refractivity contribution is 0.632. The van der Waals surface area contributed by atoms with Crippen molar-refractivity contribution in [1.82, 2.24) is 14.3 Å². The lowest BCUT2D eigenvalue weighted by atomic mass is 10.1. The molecule has 0 aliphatic rings. The number of halogens is 1. The summed E-state index contributed by atoms with van der Waals surface area (Å²) in [6.45, 7) is 0. The molecule has 0 saturated carbocycles. The number of hydrogen-bond acceptors (Lipinski definition) is 6. The zero-order valence-corrected chi connectivity index (χ0v) is 9.91. The van der Waals surface area contributed by atoms with E-state index in [0.717, 1.165) is 11.5 Å². The largest absolute Gasteiger partial charge is 0.399 e. The summed E-state index contributed by atoms with van der Waals surface area (Å²) < 4.78 is 18.1. The molecule has 3 aromatic rings. The van der Waals surface area contributed by atoms with Crippen molar-refractivity contribution in [3.63, 3.8) is 0 Å². The molecule has 5 nitrogen and oxygen atoms in total. The van der Waals surface area contributed by atoms with Crippen LogP contribution in [0.3, 0.4) is 0 Å². The molecule has 2 heterocycles. The van der Waals surface area contributed by atoms with Crippen molar-refractivity contribution in [2.24, 2.45) is 0 Å². The van der Waals surface area contributed by atoms with Gasteiger partial charge in [-0.1, -0.05) is 0 Å². The van der Waals surface area contributed by atoms with Gasteiger partial charge in [-0.15, -0.1) is 0 Å². The average molecular weight is 261 g/mol. The number of aromatic nitrogens is 3. The third-order valence-corrected chi connectivity index (χ3v) is 3.31. The minimum Gasteiger partial charge on any atom is -0.399 e. The van der Waals surface area contributed by atoms with E-state index < -0.39 is 5.82 Å². The Bertz CT molecular complexity index is 739. The SMILES string of the molecule is Nc1ccc(-c2nsc3ncnc(N)c23)c(F)c1. The Morgan fingerprint density at radius 2 is 2.00 bits per heavy atom. The van der Waals surface area contributed by atoms with Crippen molar-refractivity contribution in [3.8, 4) is 11.3 Å². The van der Waals surface area contributed by atoms with Gasteiger partial charge < -0.3 is 11.5 Å². The molecular weight excluding hydrogens is 253 g/mol. The van der Waals surface area contributed by atoms with E-state index in [1.807, 2.05) is 0 Å². The Morgan fingerprint density at radius 1 is 1.17 bits per heavy atom. The molecule has 0 saturated heterocycles. The predicted octanol–water partition coefficient (Wildman–Crippen LogP) is 2.06. The van der Waals surface area contributed by atoms with Crippen molar-refractivity contribution in [3.05, 3.63) is 30.3 Å². The summed E-state index contributed by atoms with van der Waals surface area (Å²) >= 11 is 1.16. The molecule has 0 unspecified atom stereocenters. The van der Waals surface area contributed by atoms with Gasteiger partial charge in [-0.3, -0.25) is 0 Å². The van der Waals surface area contributed by atoms with Crippen LogP contribution in [0.15, 0.2) is 24.5 Å². The standard InChI is InChI=1S/C11H8FN5S/c12-7-3-5(13)1-2-6(7)9-8-10(14)15-4-16-11(8)18-17-9/h1-4H,13H2,(H2,14,15,16). The summed E-state index contributed by atoms with van der Waals surface area (Å²) in [6.07, 6.45) is 1.36. The van der Waals surface area contributed by atoms with E-state index >= 15 is 0 Å². The molecule has 0 atom stereocenters. The number of benzene rings is 1. The van der Waals surface area contributed by atoms with Gasteiger partial charge in [0.05, 0.1) is 5.39 Å². The van der Waals surface area contributed by atoms with Crippen LogP contribution >= 0.6 is 11.5 Å². The van der Waals surface area contributed by atoms with Crippen molar-refractivity contribution in [2.45, 2.75) is 0 Å². The summed E-state index contributed by atoms with van der Waals surface area (Å²) in [5, 5.41) is 0.575. The zero-order valence-electron chi connectivity index (χ0n) is 9.09. The van der Waals surface area contributed by atoms with E-state index in [9.17, 15) is 4.39 Å². The van der Waals surface area contributed by atoms with Crippen molar-refractivity contribution < 1.29 is 4.39 Å². The minimum atomic E-state index is -0.439. The maximum Gasteiger partial charge on any atom is 0.149 e. The highest BCUT2D eigenvalue weighted by molar-refractivity contribution is 7.13. The number of nitrogens with two attached hydrogens (primary N) is 2. The van der Waals surface area contributed by atoms with Gasteiger partial charge in [-0.05, 0) is 29.7 Å². The molecule has 0 spiro atoms. The topological polar surface area (TPSA) is 90.7 Å². The van der Waals surface area contributed by atoms with Crippen LogP contribution in [0.1, 0.15) is 0 Å². The summed E-state index contributed by atoms with van der Waals surface area (Å²) in [4.78, 5) is 8.59. The molecule has 90 valence electrons. The number of nitrogens with zero attached hydrogens (tertiary/aromatic N) is 3. The van der Waals surface area contributed by atoms with Crippen LogP contribution in [0.4, 0.5) is 15.9 Å². The maximum atomic E-state index is 13.9. The molecule has 0 fully saturated rings. The maximum absolute atomic E-state index is 13.9. The molecule has 2 aromatic heterocycles. The van der Waals surface area contributed by atoms with E-state index in [0.29, 0.717) is 33.0 Å². The van der Waals surface area contributed by atoms with Crippen molar-refractivity contribution >= 4 is 33.3 Å². The normalized spacial score (nSPS) is 10.9. The van der Waals surface area contributed by atoms with E-state index in [1.165, 1.54) is 12.4 Å². The van der Waals surface area contributed by atoms with Crippen LogP contribution in [-0.4, -0.2) is 14.3 Å². The van der Waals surface area contributed by atoms with Crippen molar-refractivity contribution in [2.75, 3.05) is 11.5 Å². The lowest BCUT2D eigenvalue weighted by Gasteiger charge is -2.02. The second kappa shape index (κ2) is 3.88. The highest BCUT2D eigenvalue weighted by atomic mass is 32.1. The number of fused-ring (bicyclic) bond motifs is 1. The van der Waals surface area contributed by atoms with Crippen LogP contribution in [0.5, 0.6) is 0 Å². The number of rotatable bonds is 1. The van der Waals surface area contributed by atoms with Crippen LogP contribution in [0.2, 0.25) is 0 Å². The Labute approximate surface area is 105 Å². The third-order valence-electron chi connectivity index (χ3n) is 2.55. The molecule has 0 amide bonds. The summed E-state index contributed by atoms with van der Waals surface area (Å²) in [5.74, 6) is -0.148. The van der Waals surface area contributed by atoms with Gasteiger partial charge in [0, 0.05) is 11.3 Å². The Balaban J connectivity index is 2.32. The molecule has 0 aliphatic carbocycles. The first-order valence-corrected chi connectivity index (χ1v) is 5.85. The van der Waals surface area contributed by atoms with E-state index in [2.05, 4.69) is 14.3 Å². The van der Waals surface area contributed by atoms with Gasteiger partial charge in [-0.25, -0.2) is 14.4 Å². The second-order valence-corrected chi connectivity index (χ2v) is 4.46. The van der Waals surface area contributed by atoms with Gasteiger partial charge in [0.25, 0.3) is 0 Å². The monoisotopic (exact) mass is 261 g/mol. The fourth-order valence-electron chi connectivity index (χ4n) is 1.72. The zero-order chi connectivity index (χ0) is 12.7. The fourth-order valence-corrected chi connectivity index (χ4v) is 2.47. The Morgan fingerprint density at radius 3 is 2.78 bits per heavy atom. The molecule has 18 heavy (non-hydrogen) atoms. The molecular formula is C11H8FN5S. The molecule has 0 aliphatic heterocycles. The molecule has 0 bridgehead atoms. The van der Waals surface area contributed by atoms with E-state index in [-0.39, 0.29) is 0 Å². The average Bonchev–Trinajstić information content (AvgIpc) is 2.74. The first kappa shape index (κ1) is 10.8. The van der Waals surface area contributed by atoms with Gasteiger partial charge in [0.2, 0.25) is 0 Å². The van der Waals surface area contributed by atoms with Crippen molar-refractivity contribution in [1.29, 1.82) is 0 Å². The number of nitrogen functional groups attached to an aromatic ring is 2. The smallest absolute Gasteiger partial charge is 0.149 e. The van der Waals surface area contributed by atoms with Crippen LogP contribution in [0.25, 0.3) is 21.5 Å². The first-order chi connectivity index (χ1) is 8.66. The fraction of sp³-hybridized carbons (Fsp3) is 0. The second-order valence-electron chi connectivity index (χ2n) is 3.71. The van der Waals surface area contributed by atoms with Gasteiger partial charge in [0.1, 0.15) is 28.5 Å². The lowest BCUT2D eigenvalue weighted by Crippen LogP contribution is -1.94. The predicted molar refractivity (Wildman–Crippen MR) is 69.4 cm³/mol. The van der Waals surface area contributed by atoms with Gasteiger partial charge >= 0.3 is 0 Å². The van der Waals surface area contributed by atoms with Crippen LogP contribution in [0, 0.1) is 5.82 Å². The third kappa shape index (κ3) is 1.56. The number of anilines is 2. The van der Waals surface area contributed by atoms with E-state index in [1.54, 1.807) is 12.1 Å². The highest BCUT2D eigenvalue weighted by Gasteiger charge is 2.16. The van der Waals surface area contributed by atoms with Gasteiger partial charge in [-0.2, -0.15) is 4.37 Å². The quantitative estimate of drug-likeness (QED) is 0.654. The Kier molecular flexibility index (Phi) is 2.34. The summed E-state index contributed by atoms with van der Waals surface area (Å²) in [7, 11) is 0. The first-order valence-electron chi connectivity index (χ1n) is 5.08. The van der Waals surface area contributed by atoms with Crippen LogP contribution in [-0.2, 0) is 0 Å². The Hall–Kier alpha value is -2.28. The number of hydrogen-bond donors (Lipinski definition) is 2. The van der Waals surface area contributed by atoms with Gasteiger partial charge in [0.15, 0.2) is 0 Å². The molecule has 0 radical (unpaired) electrons. The summed E-state index contributed by atoms with van der Waals surface area (Å²) in [5.41, 5.74) is 12.5. The molecule has 7 heteroatoms. The molecule has 4 N–H and O–H groups in total. The molecule has 1 aromatic carbocycles. The minimum absolute atomic E-state index is 0.292. The van der Waals surface area contributed by atoms with Crippen LogP contribution < -0.4 is 11.5 Å². The molecule has 3 rings (SSSR count).